The zero-order chi connectivity index (χ0) is 11.7. The smallest absolute Gasteiger partial charge is 0.0742 e. The zero-order valence-electron chi connectivity index (χ0n) is 10.1. The van der Waals surface area contributed by atoms with Crippen molar-refractivity contribution < 1.29 is 0 Å². The summed E-state index contributed by atoms with van der Waals surface area (Å²) < 4.78 is 1.99. The molecule has 86 valence electrons. The van der Waals surface area contributed by atoms with Crippen molar-refractivity contribution in [3.8, 4) is 0 Å². The van der Waals surface area contributed by atoms with E-state index < -0.39 is 0 Å². The van der Waals surface area contributed by atoms with Crippen LogP contribution in [0.4, 0.5) is 0 Å². The zero-order valence-corrected chi connectivity index (χ0v) is 10.1. The summed E-state index contributed by atoms with van der Waals surface area (Å²) in [7, 11) is 0. The molecule has 3 aromatic rings. The molecule has 2 heterocycles. The van der Waals surface area contributed by atoms with Crippen molar-refractivity contribution in [2.24, 2.45) is 0 Å². The van der Waals surface area contributed by atoms with Crippen molar-refractivity contribution in [3.63, 3.8) is 0 Å². The van der Waals surface area contributed by atoms with E-state index >= 15 is 0 Å². The lowest BCUT2D eigenvalue weighted by molar-refractivity contribution is 0.762. The molecule has 2 nitrogen and oxygen atoms in total. The van der Waals surface area contributed by atoms with E-state index in [1.807, 2.05) is 10.7 Å². The van der Waals surface area contributed by atoms with Crippen molar-refractivity contribution in [2.45, 2.75) is 26.2 Å². The van der Waals surface area contributed by atoms with E-state index in [1.54, 1.807) is 0 Å². The van der Waals surface area contributed by atoms with Crippen molar-refractivity contribution in [1.82, 2.24) is 9.61 Å². The Labute approximate surface area is 101 Å². The highest BCUT2D eigenvalue weighted by molar-refractivity contribution is 5.95. The maximum absolute atomic E-state index is 4.62. The van der Waals surface area contributed by atoms with E-state index in [-0.39, 0.29) is 0 Å². The van der Waals surface area contributed by atoms with E-state index in [0.717, 1.165) is 6.42 Å². The summed E-state index contributed by atoms with van der Waals surface area (Å²) in [6.45, 7) is 2.21. The Morgan fingerprint density at radius 3 is 2.94 bits per heavy atom. The first-order chi connectivity index (χ1) is 8.38. The molecule has 0 radical (unpaired) electrons. The molecule has 0 unspecified atom stereocenters. The van der Waals surface area contributed by atoms with Crippen LogP contribution >= 0.6 is 0 Å². The highest BCUT2D eigenvalue weighted by atomic mass is 15.2. The van der Waals surface area contributed by atoms with Crippen LogP contribution in [0, 0.1) is 0 Å². The van der Waals surface area contributed by atoms with E-state index in [4.69, 9.17) is 0 Å². The molecule has 0 amide bonds. The summed E-state index contributed by atoms with van der Waals surface area (Å²) in [6, 6.07) is 12.8. The van der Waals surface area contributed by atoms with Crippen LogP contribution in [-0.2, 0) is 6.42 Å². The molecule has 17 heavy (non-hydrogen) atoms. The van der Waals surface area contributed by atoms with Gasteiger partial charge in [-0.1, -0.05) is 37.6 Å². The van der Waals surface area contributed by atoms with Crippen molar-refractivity contribution >= 4 is 16.3 Å². The molecule has 2 aromatic heterocycles. The highest BCUT2D eigenvalue weighted by Gasteiger charge is 2.04. The first-order valence-electron chi connectivity index (χ1n) is 6.24. The molecule has 0 atom stereocenters. The SMILES string of the molecule is CCCCc1cc2c3ccccc3ccn2n1. The van der Waals surface area contributed by atoms with Gasteiger partial charge in [-0.2, -0.15) is 5.10 Å². The van der Waals surface area contributed by atoms with Crippen LogP contribution in [0.1, 0.15) is 25.5 Å². The molecular formula is C15H16N2. The summed E-state index contributed by atoms with van der Waals surface area (Å²) in [5.74, 6) is 0. The summed E-state index contributed by atoms with van der Waals surface area (Å²) in [6.07, 6.45) is 5.55. The second-order valence-electron chi connectivity index (χ2n) is 4.47. The molecule has 0 spiro atoms. The van der Waals surface area contributed by atoms with Gasteiger partial charge in [-0.05, 0) is 30.4 Å². The number of fused-ring (bicyclic) bond motifs is 3. The van der Waals surface area contributed by atoms with E-state index in [0.29, 0.717) is 0 Å². The van der Waals surface area contributed by atoms with Crippen molar-refractivity contribution in [1.29, 1.82) is 0 Å². The van der Waals surface area contributed by atoms with Crippen molar-refractivity contribution in [3.05, 3.63) is 48.3 Å². The summed E-state index contributed by atoms with van der Waals surface area (Å²) in [5, 5.41) is 7.18. The van der Waals surface area contributed by atoms with Crippen LogP contribution in [0.2, 0.25) is 0 Å². The second kappa shape index (κ2) is 4.21. The number of aromatic nitrogens is 2. The summed E-state index contributed by atoms with van der Waals surface area (Å²) in [5.41, 5.74) is 2.41. The van der Waals surface area contributed by atoms with Gasteiger partial charge in [-0.3, -0.25) is 0 Å². The molecule has 1 aromatic carbocycles. The first-order valence-corrected chi connectivity index (χ1v) is 6.24. The van der Waals surface area contributed by atoms with Gasteiger partial charge in [0, 0.05) is 11.6 Å². The average Bonchev–Trinajstić information content (AvgIpc) is 2.79. The number of pyridine rings is 1. The van der Waals surface area contributed by atoms with Gasteiger partial charge in [0.05, 0.1) is 11.2 Å². The van der Waals surface area contributed by atoms with Gasteiger partial charge in [0.2, 0.25) is 0 Å². The maximum Gasteiger partial charge on any atom is 0.0742 e. The van der Waals surface area contributed by atoms with Gasteiger partial charge in [-0.15, -0.1) is 0 Å². The Morgan fingerprint density at radius 2 is 2.06 bits per heavy atom. The van der Waals surface area contributed by atoms with Crippen LogP contribution in [0.5, 0.6) is 0 Å². The van der Waals surface area contributed by atoms with E-state index in [2.05, 4.69) is 48.4 Å². The average molecular weight is 224 g/mol. The number of rotatable bonds is 3. The fraction of sp³-hybridized carbons (Fsp3) is 0.267. The number of unbranched alkanes of at least 4 members (excludes halogenated alkanes) is 1. The molecule has 0 bridgehead atoms. The third-order valence-electron chi connectivity index (χ3n) is 3.20. The minimum atomic E-state index is 1.08. The Hall–Kier alpha value is -1.83. The van der Waals surface area contributed by atoms with E-state index in [1.165, 1.54) is 34.8 Å². The fourth-order valence-electron chi connectivity index (χ4n) is 2.27. The molecule has 0 N–H and O–H groups in total. The predicted octanol–water partition coefficient (Wildman–Crippen LogP) is 3.83. The number of nitrogens with zero attached hydrogens (tertiary/aromatic N) is 2. The minimum absolute atomic E-state index is 1.08. The molecule has 0 aliphatic carbocycles. The standard InChI is InChI=1S/C15H16N2/c1-2-3-7-13-11-15-14-8-5-4-6-12(14)9-10-17(15)16-13/h4-6,8-11H,2-3,7H2,1H3. The second-order valence-corrected chi connectivity index (χ2v) is 4.47. The highest BCUT2D eigenvalue weighted by Crippen LogP contribution is 2.20. The molecule has 0 saturated heterocycles. The number of aryl methyl sites for hydroxylation is 1. The first kappa shape index (κ1) is 10.3. The molecule has 0 saturated carbocycles. The maximum atomic E-state index is 4.62. The lowest BCUT2D eigenvalue weighted by Gasteiger charge is -1.98. The van der Waals surface area contributed by atoms with Crippen LogP contribution in [0.3, 0.4) is 0 Å². The summed E-state index contributed by atoms with van der Waals surface area (Å²) >= 11 is 0. The molecule has 0 aliphatic heterocycles. The van der Waals surface area contributed by atoms with Crippen LogP contribution in [0.15, 0.2) is 42.6 Å². The third kappa shape index (κ3) is 1.80. The van der Waals surface area contributed by atoms with Crippen LogP contribution in [0.25, 0.3) is 16.3 Å². The number of hydrogen-bond acceptors (Lipinski definition) is 1. The Bertz CT molecular complexity index is 652. The molecule has 3 rings (SSSR count). The largest absolute Gasteiger partial charge is 0.240 e. The quantitative estimate of drug-likeness (QED) is 0.661. The fourth-order valence-corrected chi connectivity index (χ4v) is 2.27. The molecule has 0 fully saturated rings. The Balaban J connectivity index is 2.17. The molecule has 0 aliphatic rings. The van der Waals surface area contributed by atoms with Crippen LogP contribution in [-0.4, -0.2) is 9.61 Å². The van der Waals surface area contributed by atoms with Crippen LogP contribution < -0.4 is 0 Å². The van der Waals surface area contributed by atoms with Gasteiger partial charge in [0.1, 0.15) is 0 Å². The molecule has 2 heteroatoms. The Kier molecular flexibility index (Phi) is 2.56. The predicted molar refractivity (Wildman–Crippen MR) is 71.3 cm³/mol. The van der Waals surface area contributed by atoms with Crippen molar-refractivity contribution in [2.75, 3.05) is 0 Å². The lowest BCUT2D eigenvalue weighted by atomic mass is 10.1. The van der Waals surface area contributed by atoms with E-state index in [9.17, 15) is 0 Å². The minimum Gasteiger partial charge on any atom is -0.240 e. The third-order valence-corrected chi connectivity index (χ3v) is 3.20. The summed E-state index contributed by atoms with van der Waals surface area (Å²) in [4.78, 5) is 0. The topological polar surface area (TPSA) is 17.3 Å². The van der Waals surface area contributed by atoms with Gasteiger partial charge >= 0.3 is 0 Å². The lowest BCUT2D eigenvalue weighted by Crippen LogP contribution is -1.89. The Morgan fingerprint density at radius 1 is 1.18 bits per heavy atom. The van der Waals surface area contributed by atoms with Gasteiger partial charge < -0.3 is 0 Å². The van der Waals surface area contributed by atoms with Gasteiger partial charge in [0.25, 0.3) is 0 Å². The normalized spacial score (nSPS) is 11.4. The monoisotopic (exact) mass is 224 g/mol. The van der Waals surface area contributed by atoms with Gasteiger partial charge in [0.15, 0.2) is 0 Å². The van der Waals surface area contributed by atoms with Gasteiger partial charge in [-0.25, -0.2) is 4.52 Å². The number of hydrogen-bond donors (Lipinski definition) is 0. The number of benzene rings is 1. The molecular weight excluding hydrogens is 208 g/mol.